The molecule has 0 aromatic carbocycles. The van der Waals surface area contributed by atoms with Crippen LogP contribution in [0.1, 0.15) is 0 Å². The van der Waals surface area contributed by atoms with Crippen molar-refractivity contribution in [3.63, 3.8) is 0 Å². The van der Waals surface area contributed by atoms with Crippen LogP contribution in [0.15, 0.2) is 16.9 Å². The first kappa shape index (κ1) is 8.76. The van der Waals surface area contributed by atoms with Gasteiger partial charge in [-0.3, -0.25) is 4.79 Å². The van der Waals surface area contributed by atoms with Crippen LogP contribution < -0.4 is 11.0 Å². The smallest absolute Gasteiger partial charge is 0.423 e. The average molecular weight is 265 g/mol. The van der Waals surface area contributed by atoms with Gasteiger partial charge in [0.25, 0.3) is 0 Å². The highest BCUT2D eigenvalue weighted by Gasteiger charge is 2.11. The highest BCUT2D eigenvalue weighted by molar-refractivity contribution is 14.1. The van der Waals surface area contributed by atoms with Crippen LogP contribution in [-0.2, 0) is 0 Å². The minimum atomic E-state index is -1.58. The predicted octanol–water partition coefficient (Wildman–Crippen LogP) is -1.34. The Morgan fingerprint density at radius 1 is 1.45 bits per heavy atom. The van der Waals surface area contributed by atoms with Crippen molar-refractivity contribution in [2.75, 3.05) is 0 Å². The predicted molar refractivity (Wildman–Crippen MR) is 49.6 cm³/mol. The summed E-state index contributed by atoms with van der Waals surface area (Å²) < 4.78 is 0.582. The van der Waals surface area contributed by atoms with Gasteiger partial charge in [-0.15, -0.1) is 0 Å². The molecule has 0 saturated carbocycles. The number of aromatic nitrogens is 1. The Kier molecular flexibility index (Phi) is 2.69. The minimum absolute atomic E-state index is 0.207. The zero-order valence-electron chi connectivity index (χ0n) is 5.41. The maximum Gasteiger partial charge on any atom is 0.488 e. The maximum absolute atomic E-state index is 10.7. The molecule has 1 heterocycles. The third kappa shape index (κ3) is 2.31. The zero-order valence-corrected chi connectivity index (χ0v) is 7.57. The van der Waals surface area contributed by atoms with E-state index >= 15 is 0 Å². The molecule has 0 aliphatic carbocycles. The van der Waals surface area contributed by atoms with E-state index in [-0.39, 0.29) is 11.0 Å². The first-order chi connectivity index (χ1) is 5.09. The fraction of sp³-hybridized carbons (Fsp3) is 0. The molecule has 4 nitrogen and oxygen atoms in total. The quantitative estimate of drug-likeness (QED) is 0.334. The molecule has 1 aromatic rings. The molecule has 0 radical (unpaired) electrons. The molecule has 58 valence electrons. The van der Waals surface area contributed by atoms with Gasteiger partial charge in [0, 0.05) is 6.07 Å². The maximum atomic E-state index is 10.7. The van der Waals surface area contributed by atoms with Crippen molar-refractivity contribution >= 4 is 35.2 Å². The fourth-order valence-corrected chi connectivity index (χ4v) is 1.30. The molecular formula is C5H5BINO3. The lowest BCUT2D eigenvalue weighted by molar-refractivity contribution is 0.425. The van der Waals surface area contributed by atoms with Gasteiger partial charge in [0.15, 0.2) is 0 Å². The summed E-state index contributed by atoms with van der Waals surface area (Å²) in [7, 11) is -1.58. The first-order valence-corrected chi connectivity index (χ1v) is 3.93. The summed E-state index contributed by atoms with van der Waals surface area (Å²) in [5, 5.41) is 17.3. The number of halogens is 1. The van der Waals surface area contributed by atoms with E-state index in [4.69, 9.17) is 10.0 Å². The third-order valence-electron chi connectivity index (χ3n) is 1.13. The van der Waals surface area contributed by atoms with Gasteiger partial charge >= 0.3 is 7.12 Å². The highest BCUT2D eigenvalue weighted by Crippen LogP contribution is 1.92. The van der Waals surface area contributed by atoms with Crippen molar-refractivity contribution in [3.05, 3.63) is 26.2 Å². The Bertz CT molecular complexity index is 311. The SMILES string of the molecule is O=c1cc(B(O)O)cc(I)[nH]1. The van der Waals surface area contributed by atoms with Crippen molar-refractivity contribution in [1.29, 1.82) is 0 Å². The summed E-state index contributed by atoms with van der Waals surface area (Å²) in [5.74, 6) is 0. The van der Waals surface area contributed by atoms with Crippen molar-refractivity contribution < 1.29 is 10.0 Å². The van der Waals surface area contributed by atoms with Gasteiger partial charge in [-0.25, -0.2) is 0 Å². The van der Waals surface area contributed by atoms with Crippen molar-refractivity contribution in [1.82, 2.24) is 4.98 Å². The molecule has 6 heteroatoms. The Morgan fingerprint density at radius 2 is 2.09 bits per heavy atom. The standard InChI is InChI=1S/C5H5BINO3/c7-4-1-3(6(10)11)2-5(9)8-4/h1-2,10-11H,(H,8,9). The van der Waals surface area contributed by atoms with Crippen molar-refractivity contribution in [2.45, 2.75) is 0 Å². The fourth-order valence-electron chi connectivity index (χ4n) is 0.678. The Hall–Kier alpha value is -0.335. The van der Waals surface area contributed by atoms with Gasteiger partial charge < -0.3 is 15.0 Å². The van der Waals surface area contributed by atoms with Crippen LogP contribution in [-0.4, -0.2) is 22.2 Å². The molecule has 11 heavy (non-hydrogen) atoms. The van der Waals surface area contributed by atoms with E-state index < -0.39 is 7.12 Å². The molecule has 0 aliphatic rings. The lowest BCUT2D eigenvalue weighted by Gasteiger charge is -1.97. The molecular weight excluding hydrogens is 260 g/mol. The molecule has 0 spiro atoms. The number of rotatable bonds is 1. The van der Waals surface area contributed by atoms with Crippen LogP contribution in [0.2, 0.25) is 0 Å². The number of hydrogen-bond acceptors (Lipinski definition) is 3. The van der Waals surface area contributed by atoms with E-state index in [9.17, 15) is 4.79 Å². The van der Waals surface area contributed by atoms with Gasteiger partial charge in [-0.2, -0.15) is 0 Å². The van der Waals surface area contributed by atoms with Gasteiger partial charge in [-0.05, 0) is 34.1 Å². The van der Waals surface area contributed by atoms with Crippen LogP contribution in [0.25, 0.3) is 0 Å². The molecule has 0 fully saturated rings. The van der Waals surface area contributed by atoms with Crippen LogP contribution in [0.5, 0.6) is 0 Å². The monoisotopic (exact) mass is 265 g/mol. The van der Waals surface area contributed by atoms with Crippen LogP contribution in [0, 0.1) is 3.70 Å². The van der Waals surface area contributed by atoms with Crippen molar-refractivity contribution in [2.24, 2.45) is 0 Å². The Labute approximate surface area is 76.6 Å². The second-order valence-corrected chi connectivity index (χ2v) is 3.16. The van der Waals surface area contributed by atoms with Crippen molar-refractivity contribution in [3.8, 4) is 0 Å². The van der Waals surface area contributed by atoms with E-state index in [0.717, 1.165) is 6.07 Å². The second kappa shape index (κ2) is 3.37. The normalized spacial score (nSPS) is 9.73. The van der Waals surface area contributed by atoms with Crippen LogP contribution in [0.4, 0.5) is 0 Å². The van der Waals surface area contributed by atoms with Gasteiger partial charge in [0.2, 0.25) is 5.56 Å². The summed E-state index contributed by atoms with van der Waals surface area (Å²) in [6.07, 6.45) is 0. The summed E-state index contributed by atoms with van der Waals surface area (Å²) in [4.78, 5) is 13.2. The zero-order chi connectivity index (χ0) is 8.43. The molecule has 0 unspecified atom stereocenters. The molecule has 0 bridgehead atoms. The van der Waals surface area contributed by atoms with Gasteiger partial charge in [-0.1, -0.05) is 0 Å². The van der Waals surface area contributed by atoms with E-state index in [0.29, 0.717) is 3.70 Å². The molecule has 0 amide bonds. The Morgan fingerprint density at radius 3 is 2.55 bits per heavy atom. The first-order valence-electron chi connectivity index (χ1n) is 2.85. The number of nitrogens with one attached hydrogen (secondary N) is 1. The third-order valence-corrected chi connectivity index (χ3v) is 1.71. The van der Waals surface area contributed by atoms with Gasteiger partial charge in [0.05, 0.1) is 3.70 Å². The molecule has 0 atom stereocenters. The molecule has 1 aromatic heterocycles. The summed E-state index contributed by atoms with van der Waals surface area (Å²) in [6, 6.07) is 2.64. The molecule has 0 saturated heterocycles. The molecule has 0 aliphatic heterocycles. The number of pyridine rings is 1. The van der Waals surface area contributed by atoms with E-state index in [1.807, 2.05) is 22.6 Å². The number of hydrogen-bond donors (Lipinski definition) is 3. The minimum Gasteiger partial charge on any atom is -0.423 e. The summed E-state index contributed by atoms with van der Waals surface area (Å²) in [6.45, 7) is 0. The summed E-state index contributed by atoms with van der Waals surface area (Å²) >= 11 is 1.89. The van der Waals surface area contributed by atoms with Crippen LogP contribution in [0.3, 0.4) is 0 Å². The molecule has 3 N–H and O–H groups in total. The van der Waals surface area contributed by atoms with Gasteiger partial charge in [0.1, 0.15) is 0 Å². The summed E-state index contributed by atoms with van der Waals surface area (Å²) in [5.41, 5.74) is -0.127. The topological polar surface area (TPSA) is 73.3 Å². The average Bonchev–Trinajstić information content (AvgIpc) is 1.85. The number of H-pyrrole nitrogens is 1. The van der Waals surface area contributed by atoms with Crippen LogP contribution >= 0.6 is 22.6 Å². The molecule has 1 rings (SSSR count). The Balaban J connectivity index is 3.19. The lowest BCUT2D eigenvalue weighted by Crippen LogP contribution is -2.33. The van der Waals surface area contributed by atoms with E-state index in [1.165, 1.54) is 6.07 Å². The highest BCUT2D eigenvalue weighted by atomic mass is 127. The lowest BCUT2D eigenvalue weighted by atomic mass is 9.81. The largest absolute Gasteiger partial charge is 0.488 e. The number of aromatic amines is 1. The van der Waals surface area contributed by atoms with E-state index in [1.54, 1.807) is 0 Å². The second-order valence-electron chi connectivity index (χ2n) is 2.00. The van der Waals surface area contributed by atoms with E-state index in [2.05, 4.69) is 4.98 Å².